The Bertz CT molecular complexity index is 937. The number of benzene rings is 1. The number of amides is 1. The van der Waals surface area contributed by atoms with Crippen LogP contribution in [0.5, 0.6) is 0 Å². The van der Waals surface area contributed by atoms with Crippen molar-refractivity contribution in [2.24, 2.45) is 5.92 Å². The first-order chi connectivity index (χ1) is 14.3. The molecule has 0 aliphatic rings. The van der Waals surface area contributed by atoms with Crippen molar-refractivity contribution in [3.63, 3.8) is 0 Å². The lowest BCUT2D eigenvalue weighted by molar-refractivity contribution is -0.123. The van der Waals surface area contributed by atoms with Gasteiger partial charge in [-0.15, -0.1) is 0 Å². The number of carbonyl (C=O) groups excluding carboxylic acids is 1. The number of aromatic amines is 1. The molecule has 0 unspecified atom stereocenters. The molecule has 0 fully saturated rings. The Balaban J connectivity index is 2.28. The molecular formula is C21H30N4O5. The van der Waals surface area contributed by atoms with Gasteiger partial charge in [-0.2, -0.15) is 0 Å². The Morgan fingerprint density at radius 3 is 2.57 bits per heavy atom. The van der Waals surface area contributed by atoms with Gasteiger partial charge in [-0.05, 0) is 17.9 Å². The third-order valence-electron chi connectivity index (χ3n) is 4.40. The highest BCUT2D eigenvalue weighted by Crippen LogP contribution is 2.18. The van der Waals surface area contributed by atoms with Crippen LogP contribution in [0.4, 0.5) is 11.5 Å². The van der Waals surface area contributed by atoms with Crippen LogP contribution < -0.4 is 21.9 Å². The van der Waals surface area contributed by atoms with Gasteiger partial charge in [0.2, 0.25) is 0 Å². The van der Waals surface area contributed by atoms with Crippen molar-refractivity contribution in [3.05, 3.63) is 56.7 Å². The third-order valence-corrected chi connectivity index (χ3v) is 4.40. The Labute approximate surface area is 175 Å². The van der Waals surface area contributed by atoms with Crippen LogP contribution in [-0.2, 0) is 27.4 Å². The normalized spacial score (nSPS) is 11.1. The monoisotopic (exact) mass is 418 g/mol. The van der Waals surface area contributed by atoms with Gasteiger partial charge < -0.3 is 20.1 Å². The van der Waals surface area contributed by atoms with Crippen molar-refractivity contribution >= 4 is 17.4 Å². The number of hydrogen-bond donors (Lipinski definition) is 2. The maximum Gasteiger partial charge on any atom is 0.330 e. The quantitative estimate of drug-likeness (QED) is 0.532. The molecule has 0 bridgehead atoms. The molecule has 0 radical (unpaired) electrons. The number of nitrogens with two attached hydrogens (primary N) is 1. The van der Waals surface area contributed by atoms with Gasteiger partial charge in [0.05, 0.1) is 6.61 Å². The van der Waals surface area contributed by atoms with Crippen molar-refractivity contribution in [2.75, 3.05) is 37.5 Å². The fourth-order valence-electron chi connectivity index (χ4n) is 3.02. The highest BCUT2D eigenvalue weighted by Gasteiger charge is 2.24. The molecule has 2 rings (SSSR count). The molecule has 9 nitrogen and oxygen atoms in total. The average Bonchev–Trinajstić information content (AvgIpc) is 2.70. The van der Waals surface area contributed by atoms with E-state index in [0.29, 0.717) is 19.6 Å². The van der Waals surface area contributed by atoms with Crippen LogP contribution in [-0.4, -0.2) is 42.3 Å². The van der Waals surface area contributed by atoms with Crippen LogP contribution in [0, 0.1) is 5.92 Å². The molecule has 0 spiro atoms. The molecule has 1 heterocycles. The topological polar surface area (TPSA) is 120 Å². The number of rotatable bonds is 11. The molecule has 9 heteroatoms. The summed E-state index contributed by atoms with van der Waals surface area (Å²) in [4.78, 5) is 41.2. The van der Waals surface area contributed by atoms with E-state index in [9.17, 15) is 14.4 Å². The minimum absolute atomic E-state index is 0.0359. The van der Waals surface area contributed by atoms with Crippen molar-refractivity contribution < 1.29 is 14.3 Å². The summed E-state index contributed by atoms with van der Waals surface area (Å²) < 4.78 is 11.9. The minimum Gasteiger partial charge on any atom is -0.385 e. The van der Waals surface area contributed by atoms with Gasteiger partial charge in [0, 0.05) is 26.8 Å². The van der Waals surface area contributed by atoms with Gasteiger partial charge in [0.25, 0.3) is 11.5 Å². The number of ether oxygens (including phenoxy) is 2. The lowest BCUT2D eigenvalue weighted by Gasteiger charge is -2.25. The van der Waals surface area contributed by atoms with Gasteiger partial charge in [-0.1, -0.05) is 44.2 Å². The molecule has 0 aliphatic heterocycles. The van der Waals surface area contributed by atoms with Crippen LogP contribution in [0.2, 0.25) is 0 Å². The van der Waals surface area contributed by atoms with Crippen LogP contribution in [0.25, 0.3) is 0 Å². The molecule has 1 aromatic carbocycles. The van der Waals surface area contributed by atoms with Crippen molar-refractivity contribution in [3.8, 4) is 0 Å². The number of carbonyl (C=O) groups is 1. The zero-order chi connectivity index (χ0) is 22.1. The SMILES string of the molecule is COCCCN(C(=O)COCc1ccccc1)c1c(N)n(CC(C)C)c(=O)[nH]c1=O. The summed E-state index contributed by atoms with van der Waals surface area (Å²) in [5, 5.41) is 0. The summed E-state index contributed by atoms with van der Waals surface area (Å²) in [5.41, 5.74) is 5.76. The summed E-state index contributed by atoms with van der Waals surface area (Å²) >= 11 is 0. The second-order valence-corrected chi connectivity index (χ2v) is 7.37. The second kappa shape index (κ2) is 11.3. The first kappa shape index (κ1) is 23.4. The zero-order valence-electron chi connectivity index (χ0n) is 17.7. The lowest BCUT2D eigenvalue weighted by atomic mass is 10.2. The van der Waals surface area contributed by atoms with E-state index in [1.807, 2.05) is 44.2 Å². The fraction of sp³-hybridized carbons (Fsp3) is 0.476. The smallest absolute Gasteiger partial charge is 0.330 e. The standard InChI is InChI=1S/C21H30N4O5/c1-15(2)12-25-19(22)18(20(27)23-21(25)28)24(10-7-11-29-3)17(26)14-30-13-16-8-5-4-6-9-16/h4-6,8-9,15H,7,10-14,22H2,1-3H3,(H,23,27,28). The number of methoxy groups -OCH3 is 1. The minimum atomic E-state index is -0.702. The summed E-state index contributed by atoms with van der Waals surface area (Å²) in [6, 6.07) is 9.45. The van der Waals surface area contributed by atoms with Gasteiger partial charge in [0.1, 0.15) is 12.4 Å². The molecular weight excluding hydrogens is 388 g/mol. The molecule has 1 aromatic heterocycles. The van der Waals surface area contributed by atoms with E-state index >= 15 is 0 Å². The molecule has 2 aromatic rings. The summed E-state index contributed by atoms with van der Waals surface area (Å²) in [5.74, 6) is -0.337. The van der Waals surface area contributed by atoms with Crippen molar-refractivity contribution in [1.82, 2.24) is 9.55 Å². The molecule has 0 atom stereocenters. The average molecular weight is 418 g/mol. The Kier molecular flexibility index (Phi) is 8.82. The zero-order valence-corrected chi connectivity index (χ0v) is 17.7. The number of hydrogen-bond acceptors (Lipinski definition) is 6. The van der Waals surface area contributed by atoms with Gasteiger partial charge in [-0.25, -0.2) is 4.79 Å². The molecule has 0 saturated carbocycles. The lowest BCUT2D eigenvalue weighted by Crippen LogP contribution is -2.43. The predicted molar refractivity (Wildman–Crippen MR) is 116 cm³/mol. The molecule has 0 aliphatic carbocycles. The number of nitrogens with one attached hydrogen (secondary N) is 1. The number of anilines is 2. The first-order valence-electron chi connectivity index (χ1n) is 9.88. The van der Waals surface area contributed by atoms with E-state index in [4.69, 9.17) is 15.2 Å². The number of aromatic nitrogens is 2. The largest absolute Gasteiger partial charge is 0.385 e. The van der Waals surface area contributed by atoms with E-state index in [1.165, 1.54) is 9.47 Å². The van der Waals surface area contributed by atoms with E-state index in [0.717, 1.165) is 5.56 Å². The van der Waals surface area contributed by atoms with Crippen LogP contribution in [0.3, 0.4) is 0 Å². The summed E-state index contributed by atoms with van der Waals surface area (Å²) in [6.07, 6.45) is 0.489. The van der Waals surface area contributed by atoms with E-state index in [1.54, 1.807) is 7.11 Å². The summed E-state index contributed by atoms with van der Waals surface area (Å²) in [6.45, 7) is 4.80. The molecule has 0 saturated heterocycles. The number of nitrogens with zero attached hydrogens (tertiary/aromatic N) is 2. The van der Waals surface area contributed by atoms with Crippen LogP contribution in [0.1, 0.15) is 25.8 Å². The molecule has 30 heavy (non-hydrogen) atoms. The van der Waals surface area contributed by atoms with Gasteiger partial charge >= 0.3 is 5.69 Å². The summed E-state index contributed by atoms with van der Waals surface area (Å²) in [7, 11) is 1.55. The maximum atomic E-state index is 12.9. The van der Waals surface area contributed by atoms with E-state index in [2.05, 4.69) is 4.98 Å². The van der Waals surface area contributed by atoms with Crippen LogP contribution in [0.15, 0.2) is 39.9 Å². The van der Waals surface area contributed by atoms with Crippen LogP contribution >= 0.6 is 0 Å². The Morgan fingerprint density at radius 1 is 1.23 bits per heavy atom. The predicted octanol–water partition coefficient (Wildman–Crippen LogP) is 1.36. The second-order valence-electron chi connectivity index (χ2n) is 7.37. The Hall–Kier alpha value is -2.91. The van der Waals surface area contributed by atoms with Gasteiger partial charge in [0.15, 0.2) is 5.69 Å². The maximum absolute atomic E-state index is 12.9. The third kappa shape index (κ3) is 6.30. The molecule has 1 amide bonds. The number of H-pyrrole nitrogens is 1. The van der Waals surface area contributed by atoms with Gasteiger partial charge in [-0.3, -0.25) is 19.1 Å². The van der Waals surface area contributed by atoms with Crippen molar-refractivity contribution in [1.29, 1.82) is 0 Å². The Morgan fingerprint density at radius 2 is 1.93 bits per heavy atom. The molecule has 164 valence electrons. The highest BCUT2D eigenvalue weighted by atomic mass is 16.5. The molecule has 3 N–H and O–H groups in total. The number of nitrogen functional groups attached to an aromatic ring is 1. The first-order valence-corrected chi connectivity index (χ1v) is 9.88. The van der Waals surface area contributed by atoms with Crippen molar-refractivity contribution in [2.45, 2.75) is 33.4 Å². The van der Waals surface area contributed by atoms with E-state index in [-0.39, 0.29) is 37.2 Å². The highest BCUT2D eigenvalue weighted by molar-refractivity contribution is 5.96. The van der Waals surface area contributed by atoms with E-state index < -0.39 is 17.2 Å². The fourth-order valence-corrected chi connectivity index (χ4v) is 3.02.